The minimum absolute atomic E-state index is 0.0666. The van der Waals surface area contributed by atoms with Crippen molar-refractivity contribution in [2.75, 3.05) is 5.75 Å². The second-order valence-electron chi connectivity index (χ2n) is 5.10. The molecule has 0 atom stereocenters. The molecule has 3 N–H and O–H groups in total. The predicted molar refractivity (Wildman–Crippen MR) is 93.5 cm³/mol. The molecule has 0 radical (unpaired) electrons. The summed E-state index contributed by atoms with van der Waals surface area (Å²) in [7, 11) is 0. The number of hydrogen-bond donors (Lipinski definition) is 3. The Morgan fingerprint density at radius 2 is 2.25 bits per heavy atom. The molecule has 24 heavy (non-hydrogen) atoms. The van der Waals surface area contributed by atoms with E-state index in [1.54, 1.807) is 25.1 Å². The van der Waals surface area contributed by atoms with Crippen LogP contribution in [0.4, 0.5) is 5.69 Å². The van der Waals surface area contributed by atoms with Gasteiger partial charge >= 0.3 is 0 Å². The lowest BCUT2D eigenvalue weighted by atomic mass is 10.2. The highest BCUT2D eigenvalue weighted by atomic mass is 32.2. The van der Waals surface area contributed by atoms with Crippen LogP contribution in [-0.2, 0) is 4.79 Å². The molecule has 0 fully saturated rings. The molecule has 0 bridgehead atoms. The van der Waals surface area contributed by atoms with Crippen LogP contribution in [0.15, 0.2) is 50.2 Å². The van der Waals surface area contributed by atoms with Crippen LogP contribution in [0, 0.1) is 6.92 Å². The van der Waals surface area contributed by atoms with Gasteiger partial charge in [0, 0.05) is 23.1 Å². The zero-order valence-electron chi connectivity index (χ0n) is 12.7. The van der Waals surface area contributed by atoms with E-state index in [-0.39, 0.29) is 22.6 Å². The number of fused-ring (bicyclic) bond motifs is 1. The lowest BCUT2D eigenvalue weighted by Crippen LogP contribution is -2.30. The number of hydrogen-bond acceptors (Lipinski definition) is 6. The highest BCUT2D eigenvalue weighted by molar-refractivity contribution is 8.00. The van der Waals surface area contributed by atoms with Crippen LogP contribution in [0.1, 0.15) is 11.3 Å². The van der Waals surface area contributed by atoms with Gasteiger partial charge in [-0.25, -0.2) is 10.4 Å². The quantitative estimate of drug-likeness (QED) is 0.583. The number of amides is 1. The Morgan fingerprint density at radius 3 is 3.04 bits per heavy atom. The molecule has 3 rings (SSSR count). The van der Waals surface area contributed by atoms with E-state index in [2.05, 4.69) is 20.5 Å². The number of benzene rings is 1. The fourth-order valence-corrected chi connectivity index (χ4v) is 3.10. The van der Waals surface area contributed by atoms with Crippen molar-refractivity contribution in [2.24, 2.45) is 10.1 Å². The second-order valence-corrected chi connectivity index (χ2v) is 6.09. The van der Waals surface area contributed by atoms with Crippen LogP contribution in [0.5, 0.6) is 5.75 Å². The van der Waals surface area contributed by atoms with Crippen molar-refractivity contribution in [1.82, 2.24) is 10.4 Å². The predicted octanol–water partition coefficient (Wildman–Crippen LogP) is 1.72. The average Bonchev–Trinajstić information content (AvgIpc) is 2.56. The molecule has 2 heterocycles. The number of aromatic amines is 1. The number of nitrogens with zero attached hydrogens (tertiary/aromatic N) is 2. The van der Waals surface area contributed by atoms with E-state index in [4.69, 9.17) is 0 Å². The number of phenolic OH excluding ortho intramolecular Hbond substituents is 1. The first kappa shape index (κ1) is 16.0. The largest absolute Gasteiger partial charge is 0.507 e. The molecular weight excluding hydrogens is 328 g/mol. The summed E-state index contributed by atoms with van der Waals surface area (Å²) in [4.78, 5) is 31.3. The number of H-pyrrole nitrogens is 1. The number of carbonyl (C=O) groups excluding carboxylic acids is 1. The zero-order chi connectivity index (χ0) is 17.1. The third-order valence-electron chi connectivity index (χ3n) is 3.28. The van der Waals surface area contributed by atoms with Crippen LogP contribution >= 0.6 is 11.8 Å². The summed E-state index contributed by atoms with van der Waals surface area (Å²) in [5, 5.41) is 14.1. The van der Waals surface area contributed by atoms with Crippen molar-refractivity contribution in [3.05, 3.63) is 51.8 Å². The van der Waals surface area contributed by atoms with Crippen LogP contribution in [0.25, 0.3) is 0 Å². The van der Waals surface area contributed by atoms with E-state index in [9.17, 15) is 14.7 Å². The van der Waals surface area contributed by atoms with Gasteiger partial charge in [0.05, 0.1) is 6.21 Å². The maximum atomic E-state index is 12.1. The smallest absolute Gasteiger partial charge is 0.286 e. The Morgan fingerprint density at radius 1 is 1.46 bits per heavy atom. The van der Waals surface area contributed by atoms with Crippen molar-refractivity contribution in [3.8, 4) is 5.75 Å². The monoisotopic (exact) mass is 342 g/mol. The van der Waals surface area contributed by atoms with Gasteiger partial charge in [-0.1, -0.05) is 23.9 Å². The number of para-hydroxylation sites is 1. The van der Waals surface area contributed by atoms with Gasteiger partial charge in [0.15, 0.2) is 0 Å². The zero-order valence-corrected chi connectivity index (χ0v) is 13.6. The van der Waals surface area contributed by atoms with E-state index in [1.165, 1.54) is 30.1 Å². The summed E-state index contributed by atoms with van der Waals surface area (Å²) in [5.74, 6) is -0.0821. The molecule has 0 unspecified atom stereocenters. The number of aromatic nitrogens is 1. The molecular formula is C16H14N4O3S. The molecule has 7 nitrogen and oxygen atoms in total. The number of aromatic hydroxyl groups is 1. The standard InChI is InChI=1S/C16H14N4O3S/c1-9-6-13(22)14-16(18-9)24-8-11(19-14)15(23)20-17-7-10-4-2-3-5-12(10)21/h2-7,21H,8H2,1H3,(H,18,22)(H,20,23)/b17-7+. The van der Waals surface area contributed by atoms with Crippen LogP contribution in [0.3, 0.4) is 0 Å². The summed E-state index contributed by atoms with van der Waals surface area (Å²) in [6.07, 6.45) is 1.34. The molecule has 0 saturated carbocycles. The highest BCUT2D eigenvalue weighted by Crippen LogP contribution is 2.29. The molecule has 122 valence electrons. The summed E-state index contributed by atoms with van der Waals surface area (Å²) >= 11 is 1.35. The average molecular weight is 342 g/mol. The maximum absolute atomic E-state index is 12.1. The summed E-state index contributed by atoms with van der Waals surface area (Å²) in [6, 6.07) is 8.07. The van der Waals surface area contributed by atoms with Crippen molar-refractivity contribution in [1.29, 1.82) is 0 Å². The molecule has 1 aliphatic heterocycles. The number of rotatable bonds is 3. The van der Waals surface area contributed by atoms with Gasteiger partial charge in [-0.2, -0.15) is 5.10 Å². The molecule has 8 heteroatoms. The number of hydrazone groups is 1. The van der Waals surface area contributed by atoms with E-state index in [0.29, 0.717) is 16.3 Å². The first-order valence-electron chi connectivity index (χ1n) is 7.10. The Hall–Kier alpha value is -2.87. The Kier molecular flexibility index (Phi) is 4.48. The van der Waals surface area contributed by atoms with E-state index < -0.39 is 5.91 Å². The van der Waals surface area contributed by atoms with Gasteiger partial charge in [0.25, 0.3) is 5.91 Å². The summed E-state index contributed by atoms with van der Waals surface area (Å²) < 4.78 is 0. The topological polar surface area (TPSA) is 107 Å². The number of aliphatic imine (C=N–C) groups is 1. The minimum Gasteiger partial charge on any atom is -0.507 e. The van der Waals surface area contributed by atoms with E-state index in [0.717, 1.165) is 5.69 Å². The van der Waals surface area contributed by atoms with E-state index >= 15 is 0 Å². The first-order chi connectivity index (χ1) is 11.5. The van der Waals surface area contributed by atoms with Crippen molar-refractivity contribution in [3.63, 3.8) is 0 Å². The first-order valence-corrected chi connectivity index (χ1v) is 8.09. The van der Waals surface area contributed by atoms with Gasteiger partial charge in [-0.15, -0.1) is 0 Å². The van der Waals surface area contributed by atoms with Gasteiger partial charge in [-0.05, 0) is 19.1 Å². The SMILES string of the molecule is Cc1cc(=O)c2c([nH]1)SCC(C(=O)N/N=C/c1ccccc1O)=N2. The molecule has 1 aromatic carbocycles. The van der Waals surface area contributed by atoms with Gasteiger partial charge in [0.2, 0.25) is 5.43 Å². The molecule has 1 aliphatic rings. The normalized spacial score (nSPS) is 13.5. The fourth-order valence-electron chi connectivity index (χ4n) is 2.11. The molecule has 0 spiro atoms. The lowest BCUT2D eigenvalue weighted by Gasteiger charge is -2.13. The number of pyridine rings is 1. The molecule has 2 aromatic rings. The minimum atomic E-state index is -0.486. The number of carbonyl (C=O) groups is 1. The van der Waals surface area contributed by atoms with Gasteiger partial charge < -0.3 is 10.1 Å². The van der Waals surface area contributed by atoms with Crippen LogP contribution < -0.4 is 10.9 Å². The third-order valence-corrected chi connectivity index (χ3v) is 4.28. The molecule has 1 aromatic heterocycles. The highest BCUT2D eigenvalue weighted by Gasteiger charge is 2.20. The van der Waals surface area contributed by atoms with Crippen molar-refractivity contribution >= 4 is 35.3 Å². The molecule has 0 saturated heterocycles. The molecule has 0 aliphatic carbocycles. The number of nitrogens with one attached hydrogen (secondary N) is 2. The Labute approximate surface area is 141 Å². The summed E-state index contributed by atoms with van der Waals surface area (Å²) in [5.41, 5.74) is 3.82. The second kappa shape index (κ2) is 6.71. The summed E-state index contributed by atoms with van der Waals surface area (Å²) in [6.45, 7) is 1.79. The number of phenols is 1. The van der Waals surface area contributed by atoms with Crippen LogP contribution in [-0.4, -0.2) is 33.7 Å². The lowest BCUT2D eigenvalue weighted by molar-refractivity contribution is -0.114. The Balaban J connectivity index is 1.75. The molecule has 1 amide bonds. The van der Waals surface area contributed by atoms with Crippen molar-refractivity contribution < 1.29 is 9.90 Å². The number of aryl methyl sites for hydroxylation is 1. The van der Waals surface area contributed by atoms with Gasteiger partial charge in [0.1, 0.15) is 22.2 Å². The maximum Gasteiger partial charge on any atom is 0.286 e. The fraction of sp³-hybridized carbons (Fsp3) is 0.125. The van der Waals surface area contributed by atoms with Crippen LogP contribution in [0.2, 0.25) is 0 Å². The Bertz CT molecular complexity index is 918. The van der Waals surface area contributed by atoms with Gasteiger partial charge in [-0.3, -0.25) is 9.59 Å². The van der Waals surface area contributed by atoms with E-state index in [1.807, 2.05) is 0 Å². The van der Waals surface area contributed by atoms with Crippen molar-refractivity contribution in [2.45, 2.75) is 11.9 Å². The third kappa shape index (κ3) is 3.38. The number of thioether (sulfide) groups is 1.